The largest absolute Gasteiger partial charge is 0.298 e. The molecule has 13 heavy (non-hydrogen) atoms. The molecule has 1 fully saturated rings. The van der Waals surface area contributed by atoms with E-state index in [0.29, 0.717) is 6.04 Å². The molecule has 1 rings (SSSR count). The van der Waals surface area contributed by atoms with E-state index in [1.807, 2.05) is 0 Å². The average Bonchev–Trinajstić information content (AvgIpc) is 1.80. The zero-order chi connectivity index (χ0) is 10.2. The Kier molecular flexibility index (Phi) is 2.99. The highest BCUT2D eigenvalue weighted by atomic mass is 32.2. The molecule has 0 aromatic rings. The number of hydrogen-bond acceptors (Lipinski definition) is 3. The summed E-state index contributed by atoms with van der Waals surface area (Å²) in [6.07, 6.45) is 1.25. The Labute approximate surface area is 80.6 Å². The third-order valence-electron chi connectivity index (χ3n) is 2.66. The fourth-order valence-electron chi connectivity index (χ4n) is 1.41. The molecule has 0 saturated carbocycles. The van der Waals surface area contributed by atoms with Crippen molar-refractivity contribution >= 4 is 10.0 Å². The highest BCUT2D eigenvalue weighted by molar-refractivity contribution is 7.88. The summed E-state index contributed by atoms with van der Waals surface area (Å²) in [6, 6.07) is 0.696. The topological polar surface area (TPSA) is 40.6 Å². The van der Waals surface area contributed by atoms with E-state index in [1.165, 1.54) is 10.6 Å². The molecule has 0 aromatic carbocycles. The van der Waals surface area contributed by atoms with Crippen LogP contribution >= 0.6 is 0 Å². The van der Waals surface area contributed by atoms with Gasteiger partial charge in [-0.05, 0) is 13.8 Å². The molecule has 0 bridgehead atoms. The molecule has 78 valence electrons. The second-order valence-corrected chi connectivity index (χ2v) is 6.02. The molecule has 0 aromatic heterocycles. The first-order valence-electron chi connectivity index (χ1n) is 4.49. The molecule has 0 aliphatic carbocycles. The van der Waals surface area contributed by atoms with Crippen molar-refractivity contribution in [1.82, 2.24) is 9.21 Å². The van der Waals surface area contributed by atoms with Crippen LogP contribution in [0.15, 0.2) is 0 Å². The molecule has 0 amide bonds. The van der Waals surface area contributed by atoms with E-state index in [9.17, 15) is 8.42 Å². The smallest absolute Gasteiger partial charge is 0.211 e. The van der Waals surface area contributed by atoms with Gasteiger partial charge in [-0.3, -0.25) is 4.90 Å². The fraction of sp³-hybridized carbons (Fsp3) is 1.00. The number of hydrogen-bond donors (Lipinski definition) is 0. The summed E-state index contributed by atoms with van der Waals surface area (Å²) in [4.78, 5) is 2.26. The Morgan fingerprint density at radius 1 is 1.38 bits per heavy atom. The van der Waals surface area contributed by atoms with Gasteiger partial charge in [0.05, 0.1) is 6.26 Å². The summed E-state index contributed by atoms with van der Waals surface area (Å²) in [5, 5.41) is 0. The number of sulfonamides is 1. The van der Waals surface area contributed by atoms with Crippen molar-refractivity contribution in [1.29, 1.82) is 0 Å². The van der Waals surface area contributed by atoms with E-state index in [-0.39, 0.29) is 6.04 Å². The molecular formula is C8H18N2O2S. The van der Waals surface area contributed by atoms with E-state index < -0.39 is 10.0 Å². The Morgan fingerprint density at radius 3 is 2.15 bits per heavy atom. The molecule has 0 N–H and O–H groups in total. The number of nitrogens with zero attached hydrogens (tertiary/aromatic N) is 2. The molecule has 4 nitrogen and oxygen atoms in total. The van der Waals surface area contributed by atoms with E-state index in [4.69, 9.17) is 0 Å². The lowest BCUT2D eigenvalue weighted by atomic mass is 10.1. The molecular weight excluding hydrogens is 188 g/mol. The van der Waals surface area contributed by atoms with Gasteiger partial charge in [0.15, 0.2) is 0 Å². The minimum absolute atomic E-state index is 0.178. The van der Waals surface area contributed by atoms with Crippen molar-refractivity contribution in [3.63, 3.8) is 0 Å². The van der Waals surface area contributed by atoms with Crippen LogP contribution in [-0.4, -0.2) is 56.1 Å². The molecule has 5 heteroatoms. The predicted octanol–water partition coefficient (Wildman–Crippen LogP) is -0.0296. The van der Waals surface area contributed by atoms with Crippen LogP contribution < -0.4 is 0 Å². The first kappa shape index (κ1) is 10.9. The van der Waals surface area contributed by atoms with Crippen LogP contribution in [0.5, 0.6) is 0 Å². The van der Waals surface area contributed by atoms with Gasteiger partial charge in [0.25, 0.3) is 0 Å². The Hall–Kier alpha value is -0.130. The highest BCUT2D eigenvalue weighted by Crippen LogP contribution is 2.17. The van der Waals surface area contributed by atoms with E-state index in [0.717, 1.165) is 13.1 Å². The fourth-order valence-corrected chi connectivity index (χ4v) is 2.09. The zero-order valence-corrected chi connectivity index (χ0v) is 9.50. The second-order valence-electron chi connectivity index (χ2n) is 3.98. The van der Waals surface area contributed by atoms with Crippen molar-refractivity contribution in [3.05, 3.63) is 0 Å². The normalized spacial score (nSPS) is 21.1. The lowest BCUT2D eigenvalue weighted by Gasteiger charge is -2.45. The van der Waals surface area contributed by atoms with Crippen LogP contribution in [0.25, 0.3) is 0 Å². The molecule has 0 radical (unpaired) electrons. The van der Waals surface area contributed by atoms with E-state index in [1.54, 1.807) is 7.05 Å². The van der Waals surface area contributed by atoms with Gasteiger partial charge in [-0.25, -0.2) is 8.42 Å². The van der Waals surface area contributed by atoms with Crippen molar-refractivity contribution in [2.75, 3.05) is 26.4 Å². The number of rotatable bonds is 3. The highest BCUT2D eigenvalue weighted by Gasteiger charge is 2.34. The first-order valence-corrected chi connectivity index (χ1v) is 6.34. The van der Waals surface area contributed by atoms with Gasteiger partial charge >= 0.3 is 0 Å². The molecule has 0 atom stereocenters. The van der Waals surface area contributed by atoms with Gasteiger partial charge < -0.3 is 0 Å². The molecule has 1 heterocycles. The maximum absolute atomic E-state index is 11.1. The standard InChI is InChI=1S/C8H18N2O2S/c1-7(2)10-5-8(6-10)9(3)13(4,11)12/h7-8H,5-6H2,1-4H3. The lowest BCUT2D eigenvalue weighted by Crippen LogP contribution is -2.61. The van der Waals surface area contributed by atoms with Crippen LogP contribution in [0.2, 0.25) is 0 Å². The maximum atomic E-state index is 11.1. The molecule has 1 aliphatic rings. The molecule has 1 aliphatic heterocycles. The SMILES string of the molecule is CC(C)N1CC(N(C)S(C)(=O)=O)C1. The summed E-state index contributed by atoms with van der Waals surface area (Å²) < 4.78 is 23.8. The Bertz CT molecular complexity index is 268. The average molecular weight is 206 g/mol. The van der Waals surface area contributed by atoms with Crippen LogP contribution in [0.1, 0.15) is 13.8 Å². The summed E-state index contributed by atoms with van der Waals surface area (Å²) in [7, 11) is -1.35. The van der Waals surface area contributed by atoms with Crippen LogP contribution in [0, 0.1) is 0 Å². The summed E-state index contributed by atoms with van der Waals surface area (Å²) in [6.45, 7) is 5.97. The van der Waals surface area contributed by atoms with Gasteiger partial charge in [-0.1, -0.05) is 0 Å². The minimum Gasteiger partial charge on any atom is -0.298 e. The van der Waals surface area contributed by atoms with Crippen LogP contribution in [-0.2, 0) is 10.0 Å². The van der Waals surface area contributed by atoms with Crippen molar-refractivity contribution < 1.29 is 8.42 Å². The Morgan fingerprint density at radius 2 is 1.85 bits per heavy atom. The third kappa shape index (κ3) is 2.42. The van der Waals surface area contributed by atoms with Gasteiger partial charge in [0.1, 0.15) is 0 Å². The Balaban J connectivity index is 2.44. The predicted molar refractivity (Wildman–Crippen MR) is 53.1 cm³/mol. The van der Waals surface area contributed by atoms with Gasteiger partial charge in [0.2, 0.25) is 10.0 Å². The van der Waals surface area contributed by atoms with Gasteiger partial charge in [-0.2, -0.15) is 4.31 Å². The van der Waals surface area contributed by atoms with Crippen molar-refractivity contribution in [2.45, 2.75) is 25.9 Å². The summed E-state index contributed by atoms with van der Waals surface area (Å²) in [5.41, 5.74) is 0. The molecule has 0 unspecified atom stereocenters. The van der Waals surface area contributed by atoms with Crippen molar-refractivity contribution in [3.8, 4) is 0 Å². The maximum Gasteiger partial charge on any atom is 0.211 e. The third-order valence-corrected chi connectivity index (χ3v) is 4.00. The first-order chi connectivity index (χ1) is 5.82. The van der Waals surface area contributed by atoms with E-state index >= 15 is 0 Å². The van der Waals surface area contributed by atoms with Crippen molar-refractivity contribution in [2.24, 2.45) is 0 Å². The zero-order valence-electron chi connectivity index (χ0n) is 8.69. The number of likely N-dealkylation sites (tertiary alicyclic amines) is 1. The van der Waals surface area contributed by atoms with Gasteiger partial charge in [0, 0.05) is 32.2 Å². The van der Waals surface area contributed by atoms with Crippen LogP contribution in [0.4, 0.5) is 0 Å². The monoisotopic (exact) mass is 206 g/mol. The lowest BCUT2D eigenvalue weighted by molar-refractivity contribution is 0.0617. The number of likely N-dealkylation sites (N-methyl/N-ethyl adjacent to an activating group) is 1. The van der Waals surface area contributed by atoms with Gasteiger partial charge in [-0.15, -0.1) is 0 Å². The van der Waals surface area contributed by atoms with Crippen LogP contribution in [0.3, 0.4) is 0 Å². The second kappa shape index (κ2) is 3.55. The quantitative estimate of drug-likeness (QED) is 0.651. The minimum atomic E-state index is -3.01. The molecule has 1 saturated heterocycles. The molecule has 0 spiro atoms. The van der Waals surface area contributed by atoms with E-state index in [2.05, 4.69) is 18.7 Å². The summed E-state index contributed by atoms with van der Waals surface area (Å²) >= 11 is 0. The summed E-state index contributed by atoms with van der Waals surface area (Å²) in [5.74, 6) is 0.